The number of carbonyl (C=O) groups is 6. The third kappa shape index (κ3) is 11.2. The molecule has 0 radical (unpaired) electrons. The number of aliphatic hydroxyl groups is 1. The van der Waals surface area contributed by atoms with Crippen molar-refractivity contribution in [3.05, 3.63) is 0 Å². The number of hydrogen-bond donors (Lipinski definition) is 5. The topological polar surface area (TPSA) is 180 Å². The van der Waals surface area contributed by atoms with Crippen molar-refractivity contribution in [2.75, 3.05) is 80.6 Å². The normalized spacial score (nSPS) is 10.2. The summed E-state index contributed by atoms with van der Waals surface area (Å²) in [7, 11) is 5.54. The van der Waals surface area contributed by atoms with E-state index in [1.54, 1.807) is 0 Å². The maximum absolute atomic E-state index is 12.7. The molecule has 14 nitrogen and oxygen atoms in total. The number of carbonyl (C=O) groups excluding carboxylic acids is 6. The zero-order valence-corrected chi connectivity index (χ0v) is 18.9. The number of hydrogen-bond acceptors (Lipinski definition) is 8. The van der Waals surface area contributed by atoms with Gasteiger partial charge >= 0.3 is 0 Å². The first kappa shape index (κ1) is 28.7. The first-order valence-electron chi connectivity index (χ1n) is 9.82. The summed E-state index contributed by atoms with van der Waals surface area (Å²) in [5.74, 6) is -3.21. The summed E-state index contributed by atoms with van der Waals surface area (Å²) in [6.45, 7) is -2.70. The molecule has 0 bridgehead atoms. The molecule has 0 aromatic carbocycles. The summed E-state index contributed by atoms with van der Waals surface area (Å²) in [5, 5.41) is 18.8. The van der Waals surface area contributed by atoms with Gasteiger partial charge in [0, 0.05) is 34.7 Å². The Kier molecular flexibility index (Phi) is 13.9. The SMILES string of the molecule is CNC(=O)CN(CC(=O)NC)C(=O)CN(CCO)CC(=O)N(CC(=O)NC)CC(=O)NC. The molecule has 0 aliphatic heterocycles. The molecule has 0 unspecified atom stereocenters. The number of aliphatic hydroxyl groups excluding tert-OH is 1. The van der Waals surface area contributed by atoms with Gasteiger partial charge in [-0.1, -0.05) is 0 Å². The van der Waals surface area contributed by atoms with Crippen LogP contribution in [0.1, 0.15) is 0 Å². The molecule has 0 spiro atoms. The van der Waals surface area contributed by atoms with Crippen molar-refractivity contribution in [3.63, 3.8) is 0 Å². The highest BCUT2D eigenvalue weighted by atomic mass is 16.3. The summed E-state index contributed by atoms with van der Waals surface area (Å²) >= 11 is 0. The second kappa shape index (κ2) is 15.5. The van der Waals surface area contributed by atoms with Crippen LogP contribution in [0.2, 0.25) is 0 Å². The van der Waals surface area contributed by atoms with Crippen LogP contribution in [-0.4, -0.2) is 136 Å². The van der Waals surface area contributed by atoms with Gasteiger partial charge in [0.1, 0.15) is 26.2 Å². The van der Waals surface area contributed by atoms with Crippen molar-refractivity contribution in [1.82, 2.24) is 36.0 Å². The number of nitrogens with zero attached hydrogens (tertiary/aromatic N) is 3. The molecule has 182 valence electrons. The molecule has 0 rings (SSSR count). The Morgan fingerprint density at radius 3 is 1.06 bits per heavy atom. The van der Waals surface area contributed by atoms with E-state index in [0.29, 0.717) is 0 Å². The lowest BCUT2D eigenvalue weighted by Gasteiger charge is -2.28. The third-order valence-electron chi connectivity index (χ3n) is 4.29. The van der Waals surface area contributed by atoms with Crippen molar-refractivity contribution >= 4 is 35.4 Å². The Morgan fingerprint density at radius 1 is 0.562 bits per heavy atom. The zero-order chi connectivity index (χ0) is 24.7. The van der Waals surface area contributed by atoms with Gasteiger partial charge in [-0.15, -0.1) is 0 Å². The molecule has 14 heteroatoms. The van der Waals surface area contributed by atoms with Crippen LogP contribution in [0, 0.1) is 0 Å². The van der Waals surface area contributed by atoms with E-state index in [9.17, 15) is 33.9 Å². The highest BCUT2D eigenvalue weighted by Crippen LogP contribution is 1.99. The molecule has 0 aliphatic carbocycles. The predicted molar refractivity (Wildman–Crippen MR) is 113 cm³/mol. The fraction of sp³-hybridized carbons (Fsp3) is 0.667. The number of nitrogens with one attached hydrogen (secondary N) is 4. The average Bonchev–Trinajstić information content (AvgIpc) is 2.77. The molecule has 0 saturated heterocycles. The fourth-order valence-electron chi connectivity index (χ4n) is 2.41. The van der Waals surface area contributed by atoms with Crippen LogP contribution in [0.5, 0.6) is 0 Å². The van der Waals surface area contributed by atoms with Crippen molar-refractivity contribution < 1.29 is 33.9 Å². The molecular weight excluding hydrogens is 426 g/mol. The molecule has 0 atom stereocenters. The van der Waals surface area contributed by atoms with E-state index in [1.807, 2.05) is 0 Å². The van der Waals surface area contributed by atoms with Gasteiger partial charge in [0.05, 0.1) is 19.7 Å². The molecular formula is C18H33N7O7. The Hall–Kier alpha value is -3.26. The molecule has 0 aromatic heterocycles. The van der Waals surface area contributed by atoms with Crippen molar-refractivity contribution in [2.24, 2.45) is 0 Å². The van der Waals surface area contributed by atoms with Crippen LogP contribution < -0.4 is 21.3 Å². The van der Waals surface area contributed by atoms with Crippen LogP contribution in [0.4, 0.5) is 0 Å². The number of amides is 6. The van der Waals surface area contributed by atoms with Crippen molar-refractivity contribution in [1.29, 1.82) is 0 Å². The summed E-state index contributed by atoms with van der Waals surface area (Å²) in [5.41, 5.74) is 0. The van der Waals surface area contributed by atoms with Crippen molar-refractivity contribution in [3.8, 4) is 0 Å². The summed E-state index contributed by atoms with van der Waals surface area (Å²) in [4.78, 5) is 75.6. The first-order chi connectivity index (χ1) is 15.1. The van der Waals surface area contributed by atoms with Gasteiger partial charge in [-0.2, -0.15) is 0 Å². The van der Waals surface area contributed by atoms with E-state index in [1.165, 1.54) is 33.1 Å². The Bertz CT molecular complexity index is 597. The van der Waals surface area contributed by atoms with E-state index in [2.05, 4.69) is 21.3 Å². The molecule has 0 aromatic rings. The van der Waals surface area contributed by atoms with Crippen LogP contribution >= 0.6 is 0 Å². The molecule has 0 heterocycles. The quantitative estimate of drug-likeness (QED) is 0.171. The van der Waals surface area contributed by atoms with Crippen molar-refractivity contribution in [2.45, 2.75) is 0 Å². The van der Waals surface area contributed by atoms with Gasteiger partial charge in [0.15, 0.2) is 0 Å². The Labute approximate surface area is 186 Å². The Balaban J connectivity index is 5.40. The lowest BCUT2D eigenvalue weighted by atomic mass is 10.3. The largest absolute Gasteiger partial charge is 0.395 e. The zero-order valence-electron chi connectivity index (χ0n) is 18.9. The van der Waals surface area contributed by atoms with Gasteiger partial charge in [0.25, 0.3) is 0 Å². The molecule has 0 saturated carbocycles. The van der Waals surface area contributed by atoms with Gasteiger partial charge in [0.2, 0.25) is 35.4 Å². The van der Waals surface area contributed by atoms with E-state index in [4.69, 9.17) is 0 Å². The lowest BCUT2D eigenvalue weighted by molar-refractivity contribution is -0.143. The maximum Gasteiger partial charge on any atom is 0.239 e. The molecule has 6 amide bonds. The first-order valence-corrected chi connectivity index (χ1v) is 9.82. The Morgan fingerprint density at radius 2 is 0.844 bits per heavy atom. The minimum absolute atomic E-state index is 0.0704. The van der Waals surface area contributed by atoms with E-state index >= 15 is 0 Å². The highest BCUT2D eigenvalue weighted by molar-refractivity contribution is 5.91. The highest BCUT2D eigenvalue weighted by Gasteiger charge is 2.25. The second-order valence-corrected chi connectivity index (χ2v) is 6.63. The molecule has 32 heavy (non-hydrogen) atoms. The number of rotatable bonds is 14. The van der Waals surface area contributed by atoms with Crippen LogP contribution in [0.3, 0.4) is 0 Å². The monoisotopic (exact) mass is 459 g/mol. The smallest absolute Gasteiger partial charge is 0.239 e. The van der Waals surface area contributed by atoms with E-state index < -0.39 is 35.4 Å². The van der Waals surface area contributed by atoms with Gasteiger partial charge < -0.3 is 36.2 Å². The predicted octanol–water partition coefficient (Wildman–Crippen LogP) is -5.08. The molecule has 5 N–H and O–H groups in total. The second-order valence-electron chi connectivity index (χ2n) is 6.63. The minimum atomic E-state index is -0.623. The lowest BCUT2D eigenvalue weighted by Crippen LogP contribution is -2.52. The third-order valence-corrected chi connectivity index (χ3v) is 4.29. The fourth-order valence-corrected chi connectivity index (χ4v) is 2.41. The average molecular weight is 460 g/mol. The number of likely N-dealkylation sites (N-methyl/N-ethyl adjacent to an activating group) is 4. The maximum atomic E-state index is 12.7. The summed E-state index contributed by atoms with van der Waals surface area (Å²) < 4.78 is 0. The minimum Gasteiger partial charge on any atom is -0.395 e. The van der Waals surface area contributed by atoms with E-state index in [0.717, 1.165) is 9.80 Å². The standard InChI is InChI=1S/C18H33N7O7/c1-19-13(27)7-24(8-14(28)20-2)17(31)11-23(5-6-26)12-18(32)25(9-15(29)21-3)10-16(30)22-4/h26H,5-12H2,1-4H3,(H,19,27)(H,20,28)(H,21,29)(H,22,30). The van der Waals surface area contributed by atoms with Crippen LogP contribution in [0.25, 0.3) is 0 Å². The summed E-state index contributed by atoms with van der Waals surface area (Å²) in [6, 6.07) is 0. The van der Waals surface area contributed by atoms with Gasteiger partial charge in [-0.05, 0) is 0 Å². The van der Waals surface area contributed by atoms with Gasteiger partial charge in [-0.3, -0.25) is 33.7 Å². The molecule has 0 fully saturated rings. The summed E-state index contributed by atoms with van der Waals surface area (Å²) in [6.07, 6.45) is 0. The van der Waals surface area contributed by atoms with E-state index in [-0.39, 0.29) is 52.4 Å². The van der Waals surface area contributed by atoms with Crippen LogP contribution in [0.15, 0.2) is 0 Å². The van der Waals surface area contributed by atoms with Crippen LogP contribution in [-0.2, 0) is 28.8 Å². The van der Waals surface area contributed by atoms with Gasteiger partial charge in [-0.25, -0.2) is 0 Å². The molecule has 0 aliphatic rings.